The van der Waals surface area contributed by atoms with Gasteiger partial charge in [0.1, 0.15) is 0 Å². The van der Waals surface area contributed by atoms with E-state index in [1.165, 1.54) is 18.4 Å². The Bertz CT molecular complexity index is 566. The third-order valence-corrected chi connectivity index (χ3v) is 4.82. The first kappa shape index (κ1) is 18.5. The lowest BCUT2D eigenvalue weighted by atomic mass is 9.87. The molecule has 2 rings (SSSR count). The molecule has 1 N–H and O–H groups in total. The van der Waals surface area contributed by atoms with Gasteiger partial charge >= 0.3 is 0 Å². The highest BCUT2D eigenvalue weighted by molar-refractivity contribution is 5.94. The molecule has 0 unspecified atom stereocenters. The van der Waals surface area contributed by atoms with Crippen LogP contribution in [0.15, 0.2) is 24.3 Å². The van der Waals surface area contributed by atoms with Crippen molar-refractivity contribution in [2.75, 3.05) is 13.1 Å². The molecule has 0 spiro atoms. The fraction of sp³-hybridized carbons (Fsp3) is 0.600. The third kappa shape index (κ3) is 4.83. The Morgan fingerprint density at radius 2 is 1.71 bits per heavy atom. The van der Waals surface area contributed by atoms with Crippen molar-refractivity contribution in [3.05, 3.63) is 35.4 Å². The molecule has 2 amide bonds. The van der Waals surface area contributed by atoms with Gasteiger partial charge in [0.25, 0.3) is 5.91 Å². The Morgan fingerprint density at radius 3 is 2.21 bits per heavy atom. The summed E-state index contributed by atoms with van der Waals surface area (Å²) in [5.74, 6) is 0.0241. The second-order valence-corrected chi connectivity index (χ2v) is 7.73. The maximum Gasteiger partial charge on any atom is 0.251 e. The maximum atomic E-state index is 12.3. The summed E-state index contributed by atoms with van der Waals surface area (Å²) in [6, 6.07) is 8.11. The molecular weight excluding hydrogens is 300 g/mol. The van der Waals surface area contributed by atoms with Crippen LogP contribution in [0.4, 0.5) is 0 Å². The highest BCUT2D eigenvalue weighted by Gasteiger charge is 2.24. The molecule has 0 saturated heterocycles. The predicted molar refractivity (Wildman–Crippen MR) is 97.1 cm³/mol. The predicted octanol–water partition coefficient (Wildman–Crippen LogP) is 3.51. The van der Waals surface area contributed by atoms with Gasteiger partial charge in [0.05, 0.1) is 0 Å². The monoisotopic (exact) mass is 330 g/mol. The van der Waals surface area contributed by atoms with Gasteiger partial charge in [-0.15, -0.1) is 0 Å². The first-order valence-corrected chi connectivity index (χ1v) is 8.95. The van der Waals surface area contributed by atoms with Gasteiger partial charge in [-0.25, -0.2) is 0 Å². The molecule has 24 heavy (non-hydrogen) atoms. The molecule has 0 heterocycles. The zero-order valence-corrected chi connectivity index (χ0v) is 15.4. The van der Waals surface area contributed by atoms with E-state index >= 15 is 0 Å². The minimum Gasteiger partial charge on any atom is -0.350 e. The van der Waals surface area contributed by atoms with E-state index < -0.39 is 0 Å². The molecule has 0 atom stereocenters. The molecular formula is C20H30N2O2. The second kappa shape index (κ2) is 7.82. The summed E-state index contributed by atoms with van der Waals surface area (Å²) in [6.07, 6.45) is 4.56. The molecule has 0 aromatic heterocycles. The number of carbonyl (C=O) groups is 2. The summed E-state index contributed by atoms with van der Waals surface area (Å²) in [6.45, 7) is 9.16. The first-order chi connectivity index (χ1) is 11.3. The quantitative estimate of drug-likeness (QED) is 0.898. The summed E-state index contributed by atoms with van der Waals surface area (Å²) < 4.78 is 0. The molecule has 1 aromatic rings. The van der Waals surface area contributed by atoms with Crippen molar-refractivity contribution in [2.24, 2.45) is 0 Å². The molecule has 1 aromatic carbocycles. The molecule has 4 heteroatoms. The van der Waals surface area contributed by atoms with Crippen LogP contribution in [0.3, 0.4) is 0 Å². The van der Waals surface area contributed by atoms with Crippen LogP contribution in [-0.2, 0) is 10.2 Å². The lowest BCUT2D eigenvalue weighted by Gasteiger charge is -2.27. The topological polar surface area (TPSA) is 49.4 Å². The number of hydrogen-bond donors (Lipinski definition) is 1. The standard InChI is InChI=1S/C20H30N2O2/c1-15(23)22(18-7-5-6-8-18)14-13-21-19(24)16-9-11-17(12-10-16)20(2,3)4/h9-12,18H,5-8,13-14H2,1-4H3,(H,21,24). The van der Waals surface area contributed by atoms with E-state index in [0.29, 0.717) is 24.7 Å². The average Bonchev–Trinajstić information content (AvgIpc) is 3.04. The van der Waals surface area contributed by atoms with E-state index in [9.17, 15) is 9.59 Å². The summed E-state index contributed by atoms with van der Waals surface area (Å²) in [5.41, 5.74) is 1.96. The van der Waals surface area contributed by atoms with Crippen LogP contribution in [0.5, 0.6) is 0 Å². The second-order valence-electron chi connectivity index (χ2n) is 7.73. The van der Waals surface area contributed by atoms with Crippen LogP contribution in [0, 0.1) is 0 Å². The number of amides is 2. The molecule has 0 bridgehead atoms. The lowest BCUT2D eigenvalue weighted by Crippen LogP contribution is -2.42. The summed E-state index contributed by atoms with van der Waals surface area (Å²) in [5, 5.41) is 2.93. The van der Waals surface area contributed by atoms with Crippen molar-refractivity contribution in [3.8, 4) is 0 Å². The van der Waals surface area contributed by atoms with Crippen molar-refractivity contribution in [3.63, 3.8) is 0 Å². The van der Waals surface area contributed by atoms with Gasteiger partial charge in [-0.1, -0.05) is 45.7 Å². The van der Waals surface area contributed by atoms with Crippen LogP contribution < -0.4 is 5.32 Å². The SMILES string of the molecule is CC(=O)N(CCNC(=O)c1ccc(C(C)(C)C)cc1)C1CCCC1. The molecule has 1 saturated carbocycles. The molecule has 132 valence electrons. The Kier molecular flexibility index (Phi) is 6.03. The van der Waals surface area contributed by atoms with Gasteiger partial charge < -0.3 is 10.2 Å². The molecule has 0 radical (unpaired) electrons. The minimum atomic E-state index is -0.0783. The zero-order valence-electron chi connectivity index (χ0n) is 15.4. The number of rotatable bonds is 5. The van der Waals surface area contributed by atoms with Gasteiger partial charge in [0.2, 0.25) is 5.91 Å². The van der Waals surface area contributed by atoms with Crippen molar-refractivity contribution in [1.82, 2.24) is 10.2 Å². The smallest absolute Gasteiger partial charge is 0.251 e. The van der Waals surface area contributed by atoms with Crippen LogP contribution in [0.25, 0.3) is 0 Å². The maximum absolute atomic E-state index is 12.3. The first-order valence-electron chi connectivity index (χ1n) is 8.95. The van der Waals surface area contributed by atoms with Crippen LogP contribution in [0.1, 0.15) is 69.3 Å². The Balaban J connectivity index is 1.87. The van der Waals surface area contributed by atoms with E-state index in [2.05, 4.69) is 26.1 Å². The Hall–Kier alpha value is -1.84. The van der Waals surface area contributed by atoms with E-state index in [0.717, 1.165) is 12.8 Å². The molecule has 0 aliphatic heterocycles. The average molecular weight is 330 g/mol. The Morgan fingerprint density at radius 1 is 1.12 bits per heavy atom. The minimum absolute atomic E-state index is 0.0783. The van der Waals surface area contributed by atoms with E-state index in [1.807, 2.05) is 29.2 Å². The Labute approximate surface area is 145 Å². The fourth-order valence-corrected chi connectivity index (χ4v) is 3.33. The molecule has 1 aliphatic carbocycles. The summed E-state index contributed by atoms with van der Waals surface area (Å²) >= 11 is 0. The van der Waals surface area contributed by atoms with Gasteiger partial charge in [0, 0.05) is 31.6 Å². The van der Waals surface area contributed by atoms with Crippen molar-refractivity contribution < 1.29 is 9.59 Å². The number of nitrogens with one attached hydrogen (secondary N) is 1. The van der Waals surface area contributed by atoms with Crippen molar-refractivity contribution in [2.45, 2.75) is 64.8 Å². The highest BCUT2D eigenvalue weighted by atomic mass is 16.2. The molecule has 4 nitrogen and oxygen atoms in total. The lowest BCUT2D eigenvalue weighted by molar-refractivity contribution is -0.130. The summed E-state index contributed by atoms with van der Waals surface area (Å²) in [4.78, 5) is 26.0. The highest BCUT2D eigenvalue weighted by Crippen LogP contribution is 2.23. The van der Waals surface area contributed by atoms with E-state index in [1.54, 1.807) is 6.92 Å². The van der Waals surface area contributed by atoms with E-state index in [-0.39, 0.29) is 17.2 Å². The fourth-order valence-electron chi connectivity index (χ4n) is 3.33. The van der Waals surface area contributed by atoms with Crippen molar-refractivity contribution >= 4 is 11.8 Å². The number of nitrogens with zero attached hydrogens (tertiary/aromatic N) is 1. The van der Waals surface area contributed by atoms with E-state index in [4.69, 9.17) is 0 Å². The molecule has 1 aliphatic rings. The molecule has 1 fully saturated rings. The van der Waals surface area contributed by atoms with Crippen LogP contribution in [0.2, 0.25) is 0 Å². The van der Waals surface area contributed by atoms with Crippen molar-refractivity contribution in [1.29, 1.82) is 0 Å². The number of hydrogen-bond acceptors (Lipinski definition) is 2. The largest absolute Gasteiger partial charge is 0.350 e. The summed E-state index contributed by atoms with van der Waals surface area (Å²) in [7, 11) is 0. The zero-order chi connectivity index (χ0) is 17.7. The van der Waals surface area contributed by atoms with Crippen LogP contribution in [-0.4, -0.2) is 35.8 Å². The van der Waals surface area contributed by atoms with Gasteiger partial charge in [0.15, 0.2) is 0 Å². The van der Waals surface area contributed by atoms with Gasteiger partial charge in [-0.2, -0.15) is 0 Å². The number of benzene rings is 1. The van der Waals surface area contributed by atoms with Crippen LogP contribution >= 0.6 is 0 Å². The normalized spacial score (nSPS) is 15.3. The van der Waals surface area contributed by atoms with Gasteiger partial charge in [-0.05, 0) is 36.0 Å². The third-order valence-electron chi connectivity index (χ3n) is 4.82. The van der Waals surface area contributed by atoms with Gasteiger partial charge in [-0.3, -0.25) is 9.59 Å². The number of carbonyl (C=O) groups excluding carboxylic acids is 2.